The van der Waals surface area contributed by atoms with Crippen LogP contribution < -0.4 is 9.47 Å². The van der Waals surface area contributed by atoms with E-state index in [0.717, 1.165) is 18.1 Å². The highest BCUT2D eigenvalue weighted by atomic mass is 32.1. The summed E-state index contributed by atoms with van der Waals surface area (Å²) in [6.07, 6.45) is 0.168. The Bertz CT molecular complexity index is 737. The van der Waals surface area contributed by atoms with Crippen molar-refractivity contribution in [2.45, 2.75) is 25.4 Å². The van der Waals surface area contributed by atoms with Crippen LogP contribution in [-0.2, 0) is 19.1 Å². The number of ether oxygens (including phenoxy) is 4. The van der Waals surface area contributed by atoms with Crippen molar-refractivity contribution in [2.24, 2.45) is 5.92 Å². The molecule has 0 saturated carbocycles. The van der Waals surface area contributed by atoms with Crippen molar-refractivity contribution >= 4 is 23.7 Å². The van der Waals surface area contributed by atoms with Crippen LogP contribution >= 0.6 is 11.7 Å². The minimum absolute atomic E-state index is 0.0497. The van der Waals surface area contributed by atoms with Gasteiger partial charge in [0.15, 0.2) is 12.7 Å². The normalized spacial score (nSPS) is 29.1. The Kier molecular flexibility index (Phi) is 3.54. The fraction of sp³-hybridized carbons (Fsp3) is 0.571. The van der Waals surface area contributed by atoms with Crippen molar-refractivity contribution in [3.05, 3.63) is 0 Å². The van der Waals surface area contributed by atoms with E-state index >= 15 is 0 Å². The standard InChI is InChI=1S/C14H13N3O6S/c1-2-3-6-20-10-11(16-24-15-10)21-9-8-4-5-17(7-8)14(9)22-12(18)13(19)23-14/h8-9H,4-7H2,1H3. The molecule has 3 saturated heterocycles. The second-order valence-corrected chi connectivity index (χ2v) is 6.06. The maximum absolute atomic E-state index is 11.6. The third kappa shape index (κ3) is 2.20. The number of rotatable bonds is 4. The van der Waals surface area contributed by atoms with Crippen LogP contribution in [0.4, 0.5) is 0 Å². The first-order valence-electron chi connectivity index (χ1n) is 7.37. The smallest absolute Gasteiger partial charge is 0.422 e. The van der Waals surface area contributed by atoms with E-state index in [0.29, 0.717) is 13.1 Å². The van der Waals surface area contributed by atoms with E-state index in [1.54, 1.807) is 11.8 Å². The molecule has 0 N–H and O–H groups in total. The Morgan fingerprint density at radius 3 is 2.83 bits per heavy atom. The SMILES string of the molecule is CC#CCOc1nsnc1OC1C2CCN(C2)C12OC(=O)C(=O)O2. The third-order valence-electron chi connectivity index (χ3n) is 4.22. The van der Waals surface area contributed by atoms with Gasteiger partial charge < -0.3 is 18.9 Å². The second-order valence-electron chi connectivity index (χ2n) is 5.53. The highest BCUT2D eigenvalue weighted by molar-refractivity contribution is 6.99. The van der Waals surface area contributed by atoms with Gasteiger partial charge in [-0.1, -0.05) is 5.92 Å². The summed E-state index contributed by atoms with van der Waals surface area (Å²) in [6.45, 7) is 3.14. The predicted octanol–water partition coefficient (Wildman–Crippen LogP) is -0.223. The van der Waals surface area contributed by atoms with Gasteiger partial charge in [-0.2, -0.15) is 0 Å². The molecule has 3 unspecified atom stereocenters. The first kappa shape index (κ1) is 15.2. The average molecular weight is 351 g/mol. The number of aromatic nitrogens is 2. The van der Waals surface area contributed by atoms with Crippen LogP contribution in [0.25, 0.3) is 0 Å². The van der Waals surface area contributed by atoms with Gasteiger partial charge in [0.2, 0.25) is 0 Å². The Labute approximate surface area is 141 Å². The highest BCUT2D eigenvalue weighted by Crippen LogP contribution is 2.47. The molecule has 3 aliphatic rings. The molecule has 1 spiro atoms. The zero-order chi connectivity index (χ0) is 16.7. The minimum Gasteiger partial charge on any atom is -0.460 e. The average Bonchev–Trinajstić information content (AvgIpc) is 3.29. The van der Waals surface area contributed by atoms with Crippen molar-refractivity contribution in [3.8, 4) is 23.6 Å². The first-order chi connectivity index (χ1) is 11.6. The summed E-state index contributed by atoms with van der Waals surface area (Å²) in [5, 5.41) is 0. The van der Waals surface area contributed by atoms with Crippen LogP contribution in [0.5, 0.6) is 11.8 Å². The lowest BCUT2D eigenvalue weighted by atomic mass is 9.99. The number of carbonyl (C=O) groups excluding carboxylic acids is 2. The molecule has 3 atom stereocenters. The summed E-state index contributed by atoms with van der Waals surface area (Å²) in [6, 6.07) is 0. The molecule has 3 fully saturated rings. The molecular weight excluding hydrogens is 338 g/mol. The number of fused-ring (bicyclic) bond motifs is 3. The van der Waals surface area contributed by atoms with Crippen LogP contribution in [0.3, 0.4) is 0 Å². The van der Waals surface area contributed by atoms with Crippen molar-refractivity contribution in [3.63, 3.8) is 0 Å². The molecule has 0 radical (unpaired) electrons. The van der Waals surface area contributed by atoms with Gasteiger partial charge in [0.05, 0.1) is 11.7 Å². The van der Waals surface area contributed by atoms with Crippen LogP contribution in [0.2, 0.25) is 0 Å². The Balaban J connectivity index is 1.57. The molecule has 0 aliphatic carbocycles. The van der Waals surface area contributed by atoms with E-state index in [1.807, 2.05) is 0 Å². The quantitative estimate of drug-likeness (QED) is 0.414. The number of piperidine rings is 1. The number of carbonyl (C=O) groups is 2. The van der Waals surface area contributed by atoms with E-state index < -0.39 is 24.0 Å². The number of esters is 2. The maximum Gasteiger partial charge on any atom is 0.422 e. The molecular formula is C14H13N3O6S. The van der Waals surface area contributed by atoms with Crippen molar-refractivity contribution in [1.82, 2.24) is 13.6 Å². The second kappa shape index (κ2) is 5.61. The van der Waals surface area contributed by atoms with Gasteiger partial charge >= 0.3 is 17.8 Å². The van der Waals surface area contributed by atoms with Gasteiger partial charge in [0.1, 0.15) is 0 Å². The largest absolute Gasteiger partial charge is 0.460 e. The summed E-state index contributed by atoms with van der Waals surface area (Å²) in [5.74, 6) is 2.37. The zero-order valence-corrected chi connectivity index (χ0v) is 13.5. The van der Waals surface area contributed by atoms with Crippen molar-refractivity contribution in [2.75, 3.05) is 19.7 Å². The maximum atomic E-state index is 11.6. The van der Waals surface area contributed by atoms with Crippen LogP contribution in [0.15, 0.2) is 0 Å². The van der Waals surface area contributed by atoms with Crippen molar-refractivity contribution < 1.29 is 28.5 Å². The van der Waals surface area contributed by atoms with E-state index in [9.17, 15) is 9.59 Å². The van der Waals surface area contributed by atoms with E-state index in [-0.39, 0.29) is 24.3 Å². The predicted molar refractivity (Wildman–Crippen MR) is 77.9 cm³/mol. The summed E-state index contributed by atoms with van der Waals surface area (Å²) in [7, 11) is 0. The molecule has 2 bridgehead atoms. The van der Waals surface area contributed by atoms with Crippen LogP contribution in [-0.4, -0.2) is 57.3 Å². The van der Waals surface area contributed by atoms with Crippen LogP contribution in [0.1, 0.15) is 13.3 Å². The van der Waals surface area contributed by atoms with Gasteiger partial charge in [0.25, 0.3) is 11.8 Å². The Morgan fingerprint density at radius 2 is 2.08 bits per heavy atom. The topological polar surface area (TPSA) is 100 Å². The van der Waals surface area contributed by atoms with Crippen LogP contribution in [0, 0.1) is 17.8 Å². The van der Waals surface area contributed by atoms with E-state index in [4.69, 9.17) is 18.9 Å². The monoisotopic (exact) mass is 351 g/mol. The molecule has 1 aromatic rings. The summed E-state index contributed by atoms with van der Waals surface area (Å²) < 4.78 is 29.9. The Hall–Kier alpha value is -2.38. The highest BCUT2D eigenvalue weighted by Gasteiger charge is 2.69. The fourth-order valence-electron chi connectivity index (χ4n) is 3.21. The number of hydrogen-bond acceptors (Lipinski definition) is 10. The third-order valence-corrected chi connectivity index (χ3v) is 4.72. The lowest BCUT2D eigenvalue weighted by Crippen LogP contribution is -2.57. The summed E-state index contributed by atoms with van der Waals surface area (Å²) >= 11 is 0.932. The van der Waals surface area contributed by atoms with Gasteiger partial charge in [-0.05, 0) is 13.3 Å². The van der Waals surface area contributed by atoms with Gasteiger partial charge in [0, 0.05) is 19.0 Å². The van der Waals surface area contributed by atoms with E-state index in [2.05, 4.69) is 20.6 Å². The number of hydrogen-bond donors (Lipinski definition) is 0. The molecule has 0 amide bonds. The summed E-state index contributed by atoms with van der Waals surface area (Å²) in [4.78, 5) is 24.9. The molecule has 4 heterocycles. The lowest BCUT2D eigenvalue weighted by Gasteiger charge is -2.36. The minimum atomic E-state index is -1.51. The molecule has 4 rings (SSSR count). The lowest BCUT2D eigenvalue weighted by molar-refractivity contribution is -0.273. The first-order valence-corrected chi connectivity index (χ1v) is 8.10. The van der Waals surface area contributed by atoms with Gasteiger partial charge in [-0.25, -0.2) is 14.5 Å². The molecule has 3 aliphatic heterocycles. The molecule has 1 aromatic heterocycles. The molecule has 0 aromatic carbocycles. The van der Waals surface area contributed by atoms with Crippen molar-refractivity contribution in [1.29, 1.82) is 0 Å². The van der Waals surface area contributed by atoms with Gasteiger partial charge in [-0.15, -0.1) is 14.7 Å². The zero-order valence-electron chi connectivity index (χ0n) is 12.7. The molecule has 9 nitrogen and oxygen atoms in total. The molecule has 10 heteroatoms. The van der Waals surface area contributed by atoms with E-state index in [1.165, 1.54) is 0 Å². The summed E-state index contributed by atoms with van der Waals surface area (Å²) in [5.41, 5.74) is 0. The molecule has 126 valence electrons. The molecule has 24 heavy (non-hydrogen) atoms. The Morgan fingerprint density at radius 1 is 1.33 bits per heavy atom. The number of nitrogens with zero attached hydrogens (tertiary/aromatic N) is 3. The van der Waals surface area contributed by atoms with Gasteiger partial charge in [-0.3, -0.25) is 0 Å². The fourth-order valence-corrected chi connectivity index (χ4v) is 3.65.